The zero-order valence-electron chi connectivity index (χ0n) is 9.61. The number of carbonyl (C=O) groups is 1. The van der Waals surface area contributed by atoms with Gasteiger partial charge in [0.1, 0.15) is 0 Å². The van der Waals surface area contributed by atoms with Crippen LogP contribution in [-0.4, -0.2) is 5.91 Å². The average molecular weight is 245 g/mol. The highest BCUT2D eigenvalue weighted by molar-refractivity contribution is 7.21. The molecule has 0 spiro atoms. The normalized spacial score (nSPS) is 16.7. The Morgan fingerprint density at radius 1 is 1.24 bits per heavy atom. The van der Waals surface area contributed by atoms with Crippen molar-refractivity contribution in [3.05, 3.63) is 34.7 Å². The summed E-state index contributed by atoms with van der Waals surface area (Å²) in [4.78, 5) is 12.4. The van der Waals surface area contributed by atoms with E-state index < -0.39 is 0 Å². The summed E-state index contributed by atoms with van der Waals surface area (Å²) in [5.74, 6) is 0.266. The summed E-state index contributed by atoms with van der Waals surface area (Å²) < 4.78 is 1.18. The number of rotatable bonds is 2. The molecule has 0 aliphatic heterocycles. The molecule has 1 aliphatic carbocycles. The molecular formula is C14H15NOS. The largest absolute Gasteiger partial charge is 0.365 e. The van der Waals surface area contributed by atoms with E-state index in [1.54, 1.807) is 11.3 Å². The molecule has 0 radical (unpaired) electrons. The molecule has 88 valence electrons. The van der Waals surface area contributed by atoms with E-state index in [4.69, 9.17) is 5.73 Å². The molecule has 0 bridgehead atoms. The van der Waals surface area contributed by atoms with E-state index >= 15 is 0 Å². The van der Waals surface area contributed by atoms with Crippen molar-refractivity contribution in [3.8, 4) is 0 Å². The molecule has 1 saturated carbocycles. The Balaban J connectivity index is 2.24. The van der Waals surface area contributed by atoms with Crippen LogP contribution >= 0.6 is 11.3 Å². The van der Waals surface area contributed by atoms with Crippen LogP contribution in [0.4, 0.5) is 0 Å². The summed E-state index contributed by atoms with van der Waals surface area (Å²) in [5, 5.41) is 1.23. The number of primary amides is 1. The van der Waals surface area contributed by atoms with Gasteiger partial charge in [-0.2, -0.15) is 0 Å². The second kappa shape index (κ2) is 4.15. The SMILES string of the molecule is NC(=O)c1sc2ccccc2c1C1CCCC1. The van der Waals surface area contributed by atoms with Crippen molar-refractivity contribution in [2.75, 3.05) is 0 Å². The lowest BCUT2D eigenvalue weighted by Crippen LogP contribution is -2.12. The van der Waals surface area contributed by atoms with E-state index in [2.05, 4.69) is 12.1 Å². The van der Waals surface area contributed by atoms with Gasteiger partial charge < -0.3 is 5.73 Å². The van der Waals surface area contributed by atoms with Crippen molar-refractivity contribution in [2.24, 2.45) is 5.73 Å². The lowest BCUT2D eigenvalue weighted by Gasteiger charge is -2.09. The van der Waals surface area contributed by atoms with Crippen molar-refractivity contribution >= 4 is 27.3 Å². The number of amides is 1. The van der Waals surface area contributed by atoms with Crippen molar-refractivity contribution in [1.29, 1.82) is 0 Å². The Bertz CT molecular complexity index is 567. The van der Waals surface area contributed by atoms with Gasteiger partial charge in [-0.25, -0.2) is 0 Å². The molecule has 1 aliphatic rings. The van der Waals surface area contributed by atoms with Crippen molar-refractivity contribution < 1.29 is 4.79 Å². The maximum absolute atomic E-state index is 11.6. The molecule has 2 nitrogen and oxygen atoms in total. The molecule has 3 heteroatoms. The van der Waals surface area contributed by atoms with Gasteiger partial charge in [-0.3, -0.25) is 4.79 Å². The molecule has 2 aromatic rings. The fourth-order valence-corrected chi connectivity index (χ4v) is 4.01. The molecule has 0 unspecified atom stereocenters. The van der Waals surface area contributed by atoms with E-state index in [0.717, 1.165) is 4.88 Å². The monoisotopic (exact) mass is 245 g/mol. The highest BCUT2D eigenvalue weighted by atomic mass is 32.1. The first-order chi connectivity index (χ1) is 8.27. The summed E-state index contributed by atoms with van der Waals surface area (Å²) in [6.45, 7) is 0. The highest BCUT2D eigenvalue weighted by Gasteiger charge is 2.25. The maximum atomic E-state index is 11.6. The zero-order valence-corrected chi connectivity index (χ0v) is 10.4. The second-order valence-corrected chi connectivity index (χ2v) is 5.74. The standard InChI is InChI=1S/C14H15NOS/c15-14(16)13-12(9-5-1-2-6-9)10-7-3-4-8-11(10)17-13/h3-4,7-9H,1-2,5-6H2,(H2,15,16). The molecular weight excluding hydrogens is 230 g/mol. The van der Waals surface area contributed by atoms with Gasteiger partial charge in [0.15, 0.2) is 0 Å². The number of thiophene rings is 1. The Morgan fingerprint density at radius 2 is 1.94 bits per heavy atom. The fraction of sp³-hybridized carbons (Fsp3) is 0.357. The van der Waals surface area contributed by atoms with Crippen LogP contribution in [0.2, 0.25) is 0 Å². The van der Waals surface area contributed by atoms with Crippen molar-refractivity contribution in [1.82, 2.24) is 0 Å². The molecule has 1 aromatic heterocycles. The summed E-state index contributed by atoms with van der Waals surface area (Å²) in [6.07, 6.45) is 4.93. The number of hydrogen-bond acceptors (Lipinski definition) is 2. The molecule has 1 amide bonds. The number of carbonyl (C=O) groups excluding carboxylic acids is 1. The minimum atomic E-state index is -0.270. The molecule has 3 rings (SSSR count). The van der Waals surface area contributed by atoms with Crippen molar-refractivity contribution in [2.45, 2.75) is 31.6 Å². The van der Waals surface area contributed by atoms with Gasteiger partial charge in [-0.1, -0.05) is 31.0 Å². The van der Waals surface area contributed by atoms with Crippen LogP contribution in [0.3, 0.4) is 0 Å². The van der Waals surface area contributed by atoms with Gasteiger partial charge >= 0.3 is 0 Å². The van der Waals surface area contributed by atoms with Crippen LogP contribution in [0.5, 0.6) is 0 Å². The molecule has 17 heavy (non-hydrogen) atoms. The predicted octanol–water partition coefficient (Wildman–Crippen LogP) is 3.66. The fourth-order valence-electron chi connectivity index (χ4n) is 2.87. The first kappa shape index (κ1) is 10.8. The smallest absolute Gasteiger partial charge is 0.259 e. The third-order valence-corrected chi connectivity index (χ3v) is 4.82. The van der Waals surface area contributed by atoms with E-state index in [9.17, 15) is 4.79 Å². The van der Waals surface area contributed by atoms with E-state index in [-0.39, 0.29) is 5.91 Å². The number of nitrogens with two attached hydrogens (primary N) is 1. The average Bonchev–Trinajstić information content (AvgIpc) is 2.94. The van der Waals surface area contributed by atoms with E-state index in [1.807, 2.05) is 12.1 Å². The number of benzene rings is 1. The highest BCUT2D eigenvalue weighted by Crippen LogP contribution is 2.43. The van der Waals surface area contributed by atoms with Gasteiger partial charge in [0, 0.05) is 4.70 Å². The van der Waals surface area contributed by atoms with Gasteiger partial charge in [0.05, 0.1) is 4.88 Å². The van der Waals surface area contributed by atoms with Gasteiger partial charge in [0.25, 0.3) is 5.91 Å². The lowest BCUT2D eigenvalue weighted by atomic mass is 9.94. The van der Waals surface area contributed by atoms with Gasteiger partial charge in [-0.05, 0) is 35.8 Å². The lowest BCUT2D eigenvalue weighted by molar-refractivity contribution is 0.100. The van der Waals surface area contributed by atoms with Crippen LogP contribution in [0.15, 0.2) is 24.3 Å². The second-order valence-electron chi connectivity index (χ2n) is 4.69. The van der Waals surface area contributed by atoms with Crippen LogP contribution < -0.4 is 5.73 Å². The Morgan fingerprint density at radius 3 is 2.65 bits per heavy atom. The molecule has 0 atom stereocenters. The van der Waals surface area contributed by atoms with Crippen LogP contribution in [0, 0.1) is 0 Å². The maximum Gasteiger partial charge on any atom is 0.259 e. The molecule has 1 fully saturated rings. The topological polar surface area (TPSA) is 43.1 Å². The number of hydrogen-bond donors (Lipinski definition) is 1. The Hall–Kier alpha value is -1.35. The van der Waals surface area contributed by atoms with Crippen LogP contribution in [0.1, 0.15) is 46.8 Å². The van der Waals surface area contributed by atoms with Gasteiger partial charge in [-0.15, -0.1) is 11.3 Å². The summed E-state index contributed by atoms with van der Waals surface area (Å²) in [5.41, 5.74) is 6.74. The van der Waals surface area contributed by atoms with Gasteiger partial charge in [0.2, 0.25) is 0 Å². The third kappa shape index (κ3) is 1.75. The Labute approximate surface area is 104 Å². The first-order valence-corrected chi connectivity index (χ1v) is 6.90. The zero-order chi connectivity index (χ0) is 11.8. The minimum Gasteiger partial charge on any atom is -0.365 e. The quantitative estimate of drug-likeness (QED) is 0.862. The predicted molar refractivity (Wildman–Crippen MR) is 71.6 cm³/mol. The van der Waals surface area contributed by atoms with E-state index in [0.29, 0.717) is 5.92 Å². The molecule has 1 heterocycles. The number of fused-ring (bicyclic) bond motifs is 1. The summed E-state index contributed by atoms with van der Waals surface area (Å²) >= 11 is 1.54. The summed E-state index contributed by atoms with van der Waals surface area (Å²) in [6, 6.07) is 8.25. The first-order valence-electron chi connectivity index (χ1n) is 6.08. The van der Waals surface area contributed by atoms with E-state index in [1.165, 1.54) is 41.3 Å². The van der Waals surface area contributed by atoms with Crippen LogP contribution in [-0.2, 0) is 0 Å². The van der Waals surface area contributed by atoms with Crippen LogP contribution in [0.25, 0.3) is 10.1 Å². The molecule has 1 aromatic carbocycles. The minimum absolute atomic E-state index is 0.270. The van der Waals surface area contributed by atoms with Crippen molar-refractivity contribution in [3.63, 3.8) is 0 Å². The summed E-state index contributed by atoms with van der Waals surface area (Å²) in [7, 11) is 0. The molecule has 2 N–H and O–H groups in total. The Kier molecular flexibility index (Phi) is 2.63. The third-order valence-electron chi connectivity index (χ3n) is 3.62. The molecule has 0 saturated heterocycles.